The fourth-order valence-electron chi connectivity index (χ4n) is 1.65. The van der Waals surface area contributed by atoms with Gasteiger partial charge in [0.15, 0.2) is 0 Å². The van der Waals surface area contributed by atoms with E-state index in [1.807, 2.05) is 20.8 Å². The van der Waals surface area contributed by atoms with Gasteiger partial charge in [-0.3, -0.25) is 0 Å². The van der Waals surface area contributed by atoms with Crippen LogP contribution in [0.3, 0.4) is 0 Å². The molecule has 1 heterocycles. The Labute approximate surface area is 115 Å². The van der Waals surface area contributed by atoms with E-state index in [-0.39, 0.29) is 5.54 Å². The molecule has 5 heteroatoms. The van der Waals surface area contributed by atoms with Crippen molar-refractivity contribution in [3.05, 3.63) is 18.2 Å². The third kappa shape index (κ3) is 4.58. The molecule has 0 aliphatic rings. The Kier molecular flexibility index (Phi) is 4.61. The average Bonchev–Trinajstić information content (AvgIpc) is 2.72. The van der Waals surface area contributed by atoms with Crippen molar-refractivity contribution in [3.8, 4) is 0 Å². The predicted molar refractivity (Wildman–Crippen MR) is 74.9 cm³/mol. The van der Waals surface area contributed by atoms with Crippen LogP contribution in [-0.2, 0) is 16.8 Å². The molecule has 0 saturated heterocycles. The second-order valence-corrected chi connectivity index (χ2v) is 6.28. The molecule has 1 aromatic rings. The Morgan fingerprint density at radius 3 is 2.53 bits per heavy atom. The molecule has 1 aromatic heterocycles. The molecular formula is C14H25N3O2. The highest BCUT2D eigenvalue weighted by molar-refractivity contribution is 5.67. The summed E-state index contributed by atoms with van der Waals surface area (Å²) in [5, 5.41) is 2.76. The third-order valence-electron chi connectivity index (χ3n) is 3.05. The maximum Gasteiger partial charge on any atom is 0.407 e. The highest BCUT2D eigenvalue weighted by Crippen LogP contribution is 2.21. The first-order valence-electron chi connectivity index (χ1n) is 6.64. The summed E-state index contributed by atoms with van der Waals surface area (Å²) in [6, 6.07) is 0. The summed E-state index contributed by atoms with van der Waals surface area (Å²) in [7, 11) is 0. The van der Waals surface area contributed by atoms with E-state index in [1.165, 1.54) is 0 Å². The van der Waals surface area contributed by atoms with Gasteiger partial charge in [-0.2, -0.15) is 0 Å². The Morgan fingerprint density at radius 2 is 2.00 bits per heavy atom. The van der Waals surface area contributed by atoms with Crippen molar-refractivity contribution in [3.63, 3.8) is 0 Å². The molecule has 0 unspecified atom stereocenters. The zero-order valence-electron chi connectivity index (χ0n) is 12.8. The highest BCUT2D eigenvalue weighted by Gasteiger charge is 2.21. The predicted octanol–water partition coefficient (Wildman–Crippen LogP) is 3.05. The number of nitrogens with zero attached hydrogens (tertiary/aromatic N) is 2. The minimum Gasteiger partial charge on any atom is -0.444 e. The number of amides is 1. The molecule has 0 spiro atoms. The quantitative estimate of drug-likeness (QED) is 0.912. The van der Waals surface area contributed by atoms with Crippen LogP contribution in [0.2, 0.25) is 0 Å². The van der Waals surface area contributed by atoms with E-state index in [1.54, 1.807) is 12.5 Å². The first-order chi connectivity index (χ1) is 8.65. The van der Waals surface area contributed by atoms with Crippen LogP contribution in [0, 0.1) is 0 Å². The number of rotatable bonds is 4. The average molecular weight is 267 g/mol. The normalized spacial score (nSPS) is 12.3. The zero-order chi connectivity index (χ0) is 14.7. The van der Waals surface area contributed by atoms with E-state index >= 15 is 0 Å². The smallest absolute Gasteiger partial charge is 0.407 e. The number of ether oxygens (including phenoxy) is 1. The number of hydrogen-bond donors (Lipinski definition) is 1. The van der Waals surface area contributed by atoms with E-state index < -0.39 is 11.7 Å². The fraction of sp³-hybridized carbons (Fsp3) is 0.714. The molecule has 1 amide bonds. The van der Waals surface area contributed by atoms with Gasteiger partial charge in [0.1, 0.15) is 5.60 Å². The summed E-state index contributed by atoms with van der Waals surface area (Å²) in [6.07, 6.45) is 4.15. The minimum atomic E-state index is -0.479. The van der Waals surface area contributed by atoms with Gasteiger partial charge in [-0.25, -0.2) is 9.78 Å². The topological polar surface area (TPSA) is 56.2 Å². The van der Waals surface area contributed by atoms with Gasteiger partial charge in [0.05, 0.1) is 18.6 Å². The second kappa shape index (κ2) is 5.63. The second-order valence-electron chi connectivity index (χ2n) is 6.28. The molecule has 0 aliphatic heterocycles. The van der Waals surface area contributed by atoms with Gasteiger partial charge in [-0.05, 0) is 41.0 Å². The number of alkyl carbamates (subject to hydrolysis) is 1. The van der Waals surface area contributed by atoms with Crippen LogP contribution in [0.25, 0.3) is 0 Å². The molecule has 0 aliphatic carbocycles. The minimum absolute atomic E-state index is 0.0125. The number of imidazole rings is 1. The van der Waals surface area contributed by atoms with Crippen LogP contribution < -0.4 is 5.32 Å². The lowest BCUT2D eigenvalue weighted by Gasteiger charge is -2.27. The summed E-state index contributed by atoms with van der Waals surface area (Å²) in [5.41, 5.74) is 0.478. The first-order valence-corrected chi connectivity index (χ1v) is 6.64. The number of carbonyl (C=O) groups excluding carboxylic acids is 1. The molecule has 108 valence electrons. The molecule has 5 nitrogen and oxygen atoms in total. The van der Waals surface area contributed by atoms with Gasteiger partial charge in [0.25, 0.3) is 0 Å². The molecule has 0 saturated carbocycles. The Morgan fingerprint density at radius 1 is 1.37 bits per heavy atom. The van der Waals surface area contributed by atoms with Crippen molar-refractivity contribution >= 4 is 6.09 Å². The Hall–Kier alpha value is -1.52. The number of hydrogen-bond acceptors (Lipinski definition) is 3. The number of aromatic nitrogens is 2. The lowest BCUT2D eigenvalue weighted by Crippen LogP contribution is -2.34. The first kappa shape index (κ1) is 15.5. The number of nitrogens with one attached hydrogen (secondary N) is 1. The van der Waals surface area contributed by atoms with Gasteiger partial charge in [0.2, 0.25) is 0 Å². The van der Waals surface area contributed by atoms with Crippen molar-refractivity contribution in [1.29, 1.82) is 0 Å². The van der Waals surface area contributed by atoms with E-state index in [0.717, 1.165) is 12.1 Å². The summed E-state index contributed by atoms with van der Waals surface area (Å²) < 4.78 is 7.30. The summed E-state index contributed by atoms with van der Waals surface area (Å²) in [5.74, 6) is 0. The van der Waals surface area contributed by atoms with E-state index in [4.69, 9.17) is 4.74 Å². The van der Waals surface area contributed by atoms with Crippen molar-refractivity contribution in [2.45, 2.75) is 65.6 Å². The fourth-order valence-corrected chi connectivity index (χ4v) is 1.65. The zero-order valence-corrected chi connectivity index (χ0v) is 12.8. The van der Waals surface area contributed by atoms with Crippen LogP contribution in [-0.4, -0.2) is 21.2 Å². The van der Waals surface area contributed by atoms with Gasteiger partial charge >= 0.3 is 6.09 Å². The summed E-state index contributed by atoms with van der Waals surface area (Å²) in [4.78, 5) is 15.8. The van der Waals surface area contributed by atoms with Crippen molar-refractivity contribution in [1.82, 2.24) is 14.9 Å². The van der Waals surface area contributed by atoms with Crippen LogP contribution in [0.4, 0.5) is 4.79 Å². The van der Waals surface area contributed by atoms with Gasteiger partial charge in [-0.15, -0.1) is 0 Å². The largest absolute Gasteiger partial charge is 0.444 e. The molecule has 0 aromatic carbocycles. The Balaban J connectivity index is 2.65. The summed E-state index contributed by atoms with van der Waals surface area (Å²) in [6.45, 7) is 12.4. The molecule has 1 rings (SSSR count). The van der Waals surface area contributed by atoms with Crippen molar-refractivity contribution < 1.29 is 9.53 Å². The molecule has 0 atom stereocenters. The van der Waals surface area contributed by atoms with Crippen molar-refractivity contribution in [2.75, 3.05) is 0 Å². The van der Waals surface area contributed by atoms with Crippen LogP contribution in [0.15, 0.2) is 12.5 Å². The SMILES string of the molecule is CCC(C)(C)n1cncc1CNC(=O)OC(C)(C)C. The monoisotopic (exact) mass is 267 g/mol. The van der Waals surface area contributed by atoms with E-state index in [9.17, 15) is 4.79 Å². The molecular weight excluding hydrogens is 242 g/mol. The van der Waals surface area contributed by atoms with Crippen LogP contribution in [0.1, 0.15) is 53.7 Å². The lowest BCUT2D eigenvalue weighted by molar-refractivity contribution is 0.0521. The van der Waals surface area contributed by atoms with Gasteiger partial charge < -0.3 is 14.6 Å². The van der Waals surface area contributed by atoms with E-state index in [0.29, 0.717) is 6.54 Å². The highest BCUT2D eigenvalue weighted by atomic mass is 16.6. The maximum atomic E-state index is 11.6. The molecule has 1 N–H and O–H groups in total. The lowest BCUT2D eigenvalue weighted by atomic mass is 10.0. The summed E-state index contributed by atoms with van der Waals surface area (Å²) >= 11 is 0. The van der Waals surface area contributed by atoms with Crippen LogP contribution >= 0.6 is 0 Å². The van der Waals surface area contributed by atoms with Gasteiger partial charge in [-0.1, -0.05) is 6.92 Å². The number of carbonyl (C=O) groups is 1. The Bertz CT molecular complexity index is 430. The molecule has 19 heavy (non-hydrogen) atoms. The molecule has 0 bridgehead atoms. The molecule has 0 fully saturated rings. The van der Waals surface area contributed by atoms with Crippen LogP contribution in [0.5, 0.6) is 0 Å². The van der Waals surface area contributed by atoms with Crippen molar-refractivity contribution in [2.24, 2.45) is 0 Å². The molecule has 0 radical (unpaired) electrons. The van der Waals surface area contributed by atoms with E-state index in [2.05, 4.69) is 35.6 Å². The van der Waals surface area contributed by atoms with Gasteiger partial charge in [0, 0.05) is 11.7 Å². The standard InChI is InChI=1S/C14H25N3O2/c1-7-14(5,6)17-10-15-8-11(17)9-16-12(18)19-13(2,3)4/h8,10H,7,9H2,1-6H3,(H,16,18). The third-order valence-corrected chi connectivity index (χ3v) is 3.05. The maximum absolute atomic E-state index is 11.6.